The highest BCUT2D eigenvalue weighted by Gasteiger charge is 2.60. The highest BCUT2D eigenvalue weighted by atomic mass is 32.2. The monoisotopic (exact) mass is 465 g/mol. The van der Waals surface area contributed by atoms with Crippen molar-refractivity contribution in [1.82, 2.24) is 15.2 Å². The summed E-state index contributed by atoms with van der Waals surface area (Å²) in [5.41, 5.74) is 2.75. The van der Waals surface area contributed by atoms with Crippen molar-refractivity contribution >= 4 is 23.1 Å². The van der Waals surface area contributed by atoms with Gasteiger partial charge in [0.15, 0.2) is 5.01 Å². The van der Waals surface area contributed by atoms with Gasteiger partial charge in [-0.15, -0.1) is 22.0 Å². The van der Waals surface area contributed by atoms with Crippen molar-refractivity contribution < 1.29 is 8.78 Å². The standard InChI is InChI=1S/C25H21F2N3S2/c1-25(2)21(16-8-11-20(28-13-16)31-14-15-6-4-3-5-7-15)22(25)24-30-29-23(32-24)18-10-9-17(26)12-19(18)27/h3-13,21-22H,14H2,1-2H3. The molecule has 1 aliphatic rings. The molecule has 7 heteroatoms. The molecule has 162 valence electrons. The van der Waals surface area contributed by atoms with Crippen molar-refractivity contribution in [2.45, 2.75) is 36.5 Å². The third-order valence-corrected chi connectivity index (χ3v) is 8.10. The molecule has 0 N–H and O–H groups in total. The summed E-state index contributed by atoms with van der Waals surface area (Å²) in [5, 5.41) is 10.9. The molecule has 1 saturated carbocycles. The molecule has 5 rings (SSSR count). The van der Waals surface area contributed by atoms with Gasteiger partial charge >= 0.3 is 0 Å². The summed E-state index contributed by atoms with van der Waals surface area (Å²) >= 11 is 3.10. The Balaban J connectivity index is 1.31. The van der Waals surface area contributed by atoms with Crippen LogP contribution in [-0.2, 0) is 5.75 Å². The highest BCUT2D eigenvalue weighted by molar-refractivity contribution is 7.98. The molecule has 32 heavy (non-hydrogen) atoms. The van der Waals surface area contributed by atoms with E-state index in [4.69, 9.17) is 0 Å². The van der Waals surface area contributed by atoms with Gasteiger partial charge in [-0.05, 0) is 34.7 Å². The van der Waals surface area contributed by atoms with Crippen LogP contribution in [0.15, 0.2) is 71.9 Å². The number of nitrogens with zero attached hydrogens (tertiary/aromatic N) is 3. The van der Waals surface area contributed by atoms with Gasteiger partial charge in [0.2, 0.25) is 0 Å². The van der Waals surface area contributed by atoms with E-state index in [1.54, 1.807) is 11.8 Å². The molecule has 2 aromatic carbocycles. The van der Waals surface area contributed by atoms with Crippen LogP contribution in [-0.4, -0.2) is 15.2 Å². The van der Waals surface area contributed by atoms with Crippen molar-refractivity contribution in [3.63, 3.8) is 0 Å². The van der Waals surface area contributed by atoms with E-state index in [-0.39, 0.29) is 22.8 Å². The predicted molar refractivity (Wildman–Crippen MR) is 125 cm³/mol. The number of halogens is 2. The van der Waals surface area contributed by atoms with Crippen LogP contribution in [0.1, 0.15) is 41.8 Å². The molecule has 0 bridgehead atoms. The molecule has 0 radical (unpaired) electrons. The molecule has 2 aromatic heterocycles. The Labute approximate surface area is 194 Å². The molecule has 0 amide bonds. The fraction of sp³-hybridized carbons (Fsp3) is 0.240. The van der Waals surface area contributed by atoms with Crippen LogP contribution in [0, 0.1) is 17.0 Å². The molecule has 2 heterocycles. The fourth-order valence-corrected chi connectivity index (χ4v) is 6.25. The number of benzene rings is 2. The van der Waals surface area contributed by atoms with Gasteiger partial charge in [0.25, 0.3) is 0 Å². The second-order valence-electron chi connectivity index (χ2n) is 8.55. The van der Waals surface area contributed by atoms with Gasteiger partial charge in [-0.2, -0.15) is 0 Å². The highest BCUT2D eigenvalue weighted by Crippen LogP contribution is 2.70. The SMILES string of the molecule is CC1(C)C(c2ccc(SCc3ccccc3)nc2)C1c1nnc(-c2ccc(F)cc2F)s1. The Hall–Kier alpha value is -2.64. The smallest absolute Gasteiger partial charge is 0.150 e. The summed E-state index contributed by atoms with van der Waals surface area (Å²) in [6, 6.07) is 18.1. The van der Waals surface area contributed by atoms with Crippen LogP contribution in [0.25, 0.3) is 10.6 Å². The van der Waals surface area contributed by atoms with Crippen LogP contribution in [0.4, 0.5) is 8.78 Å². The molecule has 1 aliphatic carbocycles. The molecular formula is C25H21F2N3S2. The normalized spacial score (nSPS) is 19.1. The summed E-state index contributed by atoms with van der Waals surface area (Å²) in [7, 11) is 0. The first-order valence-corrected chi connectivity index (χ1v) is 12.1. The first kappa shape index (κ1) is 21.2. The zero-order valence-electron chi connectivity index (χ0n) is 17.6. The Morgan fingerprint density at radius 2 is 1.78 bits per heavy atom. The summed E-state index contributed by atoms with van der Waals surface area (Å²) in [5.74, 6) is 0.145. The van der Waals surface area contributed by atoms with Crippen LogP contribution in [0.5, 0.6) is 0 Å². The quantitative estimate of drug-likeness (QED) is 0.285. The average molecular weight is 466 g/mol. The maximum atomic E-state index is 14.2. The van der Waals surface area contributed by atoms with Gasteiger partial charge in [0.1, 0.15) is 16.6 Å². The topological polar surface area (TPSA) is 38.7 Å². The maximum Gasteiger partial charge on any atom is 0.150 e. The van der Waals surface area contributed by atoms with Gasteiger partial charge in [-0.25, -0.2) is 13.8 Å². The Morgan fingerprint density at radius 3 is 2.50 bits per heavy atom. The maximum absolute atomic E-state index is 14.2. The van der Waals surface area contributed by atoms with E-state index in [2.05, 4.69) is 53.3 Å². The number of rotatable bonds is 6. The van der Waals surface area contributed by atoms with E-state index in [1.807, 2.05) is 24.4 Å². The van der Waals surface area contributed by atoms with E-state index in [0.717, 1.165) is 21.9 Å². The third kappa shape index (κ3) is 4.07. The molecule has 2 atom stereocenters. The van der Waals surface area contributed by atoms with E-state index in [0.29, 0.717) is 5.01 Å². The van der Waals surface area contributed by atoms with Crippen LogP contribution in [0.2, 0.25) is 0 Å². The number of aromatic nitrogens is 3. The van der Waals surface area contributed by atoms with E-state index < -0.39 is 11.6 Å². The zero-order valence-corrected chi connectivity index (χ0v) is 19.3. The molecule has 1 fully saturated rings. The Kier molecular flexibility index (Phi) is 5.55. The van der Waals surface area contributed by atoms with Gasteiger partial charge in [0, 0.05) is 35.4 Å². The van der Waals surface area contributed by atoms with Crippen LogP contribution >= 0.6 is 23.1 Å². The van der Waals surface area contributed by atoms with Crippen molar-refractivity contribution in [3.05, 3.63) is 94.6 Å². The van der Waals surface area contributed by atoms with Gasteiger partial charge in [-0.1, -0.05) is 61.6 Å². The molecular weight excluding hydrogens is 444 g/mol. The summed E-state index contributed by atoms with van der Waals surface area (Å²) in [4.78, 5) is 4.67. The number of hydrogen-bond acceptors (Lipinski definition) is 5. The fourth-order valence-electron chi connectivity index (χ4n) is 4.25. The number of hydrogen-bond donors (Lipinski definition) is 0. The molecule has 0 saturated heterocycles. The van der Waals surface area contributed by atoms with Gasteiger partial charge < -0.3 is 0 Å². The minimum atomic E-state index is -0.618. The minimum Gasteiger partial charge on any atom is -0.250 e. The van der Waals surface area contributed by atoms with Crippen LogP contribution in [0.3, 0.4) is 0 Å². The summed E-state index contributed by atoms with van der Waals surface area (Å²) < 4.78 is 27.4. The average Bonchev–Trinajstić information content (AvgIpc) is 3.10. The lowest BCUT2D eigenvalue weighted by Crippen LogP contribution is -1.91. The number of pyridine rings is 1. The second-order valence-corrected chi connectivity index (χ2v) is 10.6. The largest absolute Gasteiger partial charge is 0.250 e. The van der Waals surface area contributed by atoms with Gasteiger partial charge in [0.05, 0.1) is 5.03 Å². The van der Waals surface area contributed by atoms with Crippen molar-refractivity contribution in [2.75, 3.05) is 0 Å². The molecule has 2 unspecified atom stereocenters. The number of thioether (sulfide) groups is 1. The van der Waals surface area contributed by atoms with Crippen molar-refractivity contribution in [3.8, 4) is 10.6 Å². The lowest BCUT2D eigenvalue weighted by Gasteiger charge is -2.05. The third-order valence-electron chi connectivity index (χ3n) is 6.04. The first-order chi connectivity index (χ1) is 15.4. The van der Waals surface area contributed by atoms with Gasteiger partial charge in [-0.3, -0.25) is 0 Å². The zero-order chi connectivity index (χ0) is 22.3. The first-order valence-electron chi connectivity index (χ1n) is 10.3. The second kappa shape index (κ2) is 8.37. The van der Waals surface area contributed by atoms with Crippen molar-refractivity contribution in [2.24, 2.45) is 5.41 Å². The Bertz CT molecular complexity index is 1240. The molecule has 0 spiro atoms. The van der Waals surface area contributed by atoms with E-state index >= 15 is 0 Å². The van der Waals surface area contributed by atoms with E-state index in [9.17, 15) is 8.78 Å². The lowest BCUT2D eigenvalue weighted by molar-refractivity contribution is 0.585. The molecule has 0 aliphatic heterocycles. The summed E-state index contributed by atoms with van der Waals surface area (Å²) in [6.45, 7) is 4.42. The minimum absolute atomic E-state index is 0.0124. The summed E-state index contributed by atoms with van der Waals surface area (Å²) in [6.07, 6.45) is 1.96. The van der Waals surface area contributed by atoms with E-state index in [1.165, 1.54) is 34.6 Å². The lowest BCUT2D eigenvalue weighted by atomic mass is 10.1. The molecule has 3 nitrogen and oxygen atoms in total. The Morgan fingerprint density at radius 1 is 0.969 bits per heavy atom. The molecule has 4 aromatic rings. The predicted octanol–water partition coefficient (Wildman–Crippen LogP) is 7.08. The van der Waals surface area contributed by atoms with Crippen molar-refractivity contribution in [1.29, 1.82) is 0 Å². The van der Waals surface area contributed by atoms with Crippen LogP contribution < -0.4 is 0 Å².